The normalized spacial score (nSPS) is 15.0. The van der Waals surface area contributed by atoms with Crippen molar-refractivity contribution >= 4 is 27.3 Å². The molecule has 1 saturated heterocycles. The largest absolute Gasteiger partial charge is 0.484 e. The zero-order chi connectivity index (χ0) is 21.0. The average Bonchev–Trinajstić information content (AvgIpc) is 3.36. The molecule has 1 aromatic heterocycles. The van der Waals surface area contributed by atoms with E-state index < -0.39 is 10.0 Å². The Kier molecular flexibility index (Phi) is 6.97. The van der Waals surface area contributed by atoms with E-state index in [0.717, 1.165) is 23.3 Å². The summed E-state index contributed by atoms with van der Waals surface area (Å²) >= 11 is 1.20. The van der Waals surface area contributed by atoms with Crippen molar-refractivity contribution in [2.45, 2.75) is 50.3 Å². The van der Waals surface area contributed by atoms with Gasteiger partial charge in [0.05, 0.1) is 6.54 Å². The van der Waals surface area contributed by atoms with Crippen molar-refractivity contribution in [2.24, 2.45) is 0 Å². The zero-order valence-electron chi connectivity index (χ0n) is 17.1. The molecule has 0 bridgehead atoms. The summed E-state index contributed by atoms with van der Waals surface area (Å²) in [6.45, 7) is 7.69. The van der Waals surface area contributed by atoms with Crippen LogP contribution in [0.4, 0.5) is 0 Å². The van der Waals surface area contributed by atoms with Gasteiger partial charge in [-0.05, 0) is 61.1 Å². The molecule has 0 saturated carbocycles. The minimum Gasteiger partial charge on any atom is -0.484 e. The lowest BCUT2D eigenvalue weighted by atomic mass is 9.98. The summed E-state index contributed by atoms with van der Waals surface area (Å²) in [5.74, 6) is 0.863. The van der Waals surface area contributed by atoms with Gasteiger partial charge in [0.25, 0.3) is 15.9 Å². The van der Waals surface area contributed by atoms with Crippen LogP contribution in [0.2, 0.25) is 0 Å². The van der Waals surface area contributed by atoms with Crippen LogP contribution in [0.25, 0.3) is 0 Å². The van der Waals surface area contributed by atoms with Crippen LogP contribution in [0, 0.1) is 6.92 Å². The molecule has 1 aromatic carbocycles. The Morgan fingerprint density at radius 2 is 1.93 bits per heavy atom. The van der Waals surface area contributed by atoms with Crippen molar-refractivity contribution in [3.8, 4) is 5.75 Å². The molecule has 29 heavy (non-hydrogen) atoms. The van der Waals surface area contributed by atoms with Crippen molar-refractivity contribution in [1.29, 1.82) is 0 Å². The Labute approximate surface area is 176 Å². The fourth-order valence-corrected chi connectivity index (χ4v) is 6.39. The molecule has 3 rings (SSSR count). The quantitative estimate of drug-likeness (QED) is 0.685. The van der Waals surface area contributed by atoms with Crippen LogP contribution in [0.15, 0.2) is 34.5 Å². The number of rotatable bonds is 8. The van der Waals surface area contributed by atoms with Crippen LogP contribution in [0.1, 0.15) is 48.6 Å². The first-order chi connectivity index (χ1) is 13.8. The Hall–Kier alpha value is -1.90. The second-order valence-corrected chi connectivity index (χ2v) is 10.9. The van der Waals surface area contributed by atoms with Gasteiger partial charge in [0.2, 0.25) is 0 Å². The lowest BCUT2D eigenvalue weighted by Crippen LogP contribution is -2.28. The Morgan fingerprint density at radius 1 is 1.21 bits per heavy atom. The second-order valence-electron chi connectivity index (χ2n) is 7.57. The summed E-state index contributed by atoms with van der Waals surface area (Å²) in [6.07, 6.45) is 1.82. The van der Waals surface area contributed by atoms with Gasteiger partial charge in [-0.3, -0.25) is 4.79 Å². The summed E-state index contributed by atoms with van der Waals surface area (Å²) in [4.78, 5) is 12.9. The fraction of sp³-hybridized carbons (Fsp3) is 0.476. The van der Waals surface area contributed by atoms with E-state index >= 15 is 0 Å². The van der Waals surface area contributed by atoms with Gasteiger partial charge in [-0.1, -0.05) is 19.9 Å². The van der Waals surface area contributed by atoms with Crippen LogP contribution < -0.4 is 10.1 Å². The van der Waals surface area contributed by atoms with Gasteiger partial charge < -0.3 is 10.1 Å². The van der Waals surface area contributed by atoms with E-state index in [-0.39, 0.29) is 19.1 Å². The summed E-state index contributed by atoms with van der Waals surface area (Å²) in [7, 11) is -3.40. The number of ether oxygens (including phenoxy) is 1. The first-order valence-electron chi connectivity index (χ1n) is 9.86. The molecule has 1 N–H and O–H groups in total. The Morgan fingerprint density at radius 3 is 2.59 bits per heavy atom. The van der Waals surface area contributed by atoms with E-state index in [0.29, 0.717) is 29.0 Å². The van der Waals surface area contributed by atoms with Crippen LogP contribution in [0.3, 0.4) is 0 Å². The number of aryl methyl sites for hydroxylation is 1. The number of carbonyl (C=O) groups is 1. The topological polar surface area (TPSA) is 75.7 Å². The van der Waals surface area contributed by atoms with Crippen LogP contribution in [-0.4, -0.2) is 38.3 Å². The Bertz CT molecular complexity index is 961. The number of carbonyl (C=O) groups excluding carboxylic acids is 1. The third-order valence-electron chi connectivity index (χ3n) is 4.99. The molecule has 0 radical (unpaired) electrons. The van der Waals surface area contributed by atoms with Gasteiger partial charge in [0.1, 0.15) is 9.96 Å². The molecule has 0 spiro atoms. The highest BCUT2D eigenvalue weighted by Crippen LogP contribution is 2.27. The number of sulfonamides is 1. The molecule has 0 aliphatic carbocycles. The van der Waals surface area contributed by atoms with E-state index in [1.54, 1.807) is 12.1 Å². The number of amides is 1. The van der Waals surface area contributed by atoms with Crippen molar-refractivity contribution in [3.63, 3.8) is 0 Å². The highest BCUT2D eigenvalue weighted by Gasteiger charge is 2.28. The first-order valence-corrected chi connectivity index (χ1v) is 12.1. The van der Waals surface area contributed by atoms with E-state index in [1.807, 2.05) is 25.1 Å². The van der Waals surface area contributed by atoms with Gasteiger partial charge in [-0.15, -0.1) is 11.3 Å². The minimum atomic E-state index is -3.40. The summed E-state index contributed by atoms with van der Waals surface area (Å²) in [6, 6.07) is 9.22. The third kappa shape index (κ3) is 5.38. The number of hydrogen-bond acceptors (Lipinski definition) is 5. The minimum absolute atomic E-state index is 0.0786. The Balaban J connectivity index is 1.50. The van der Waals surface area contributed by atoms with E-state index in [9.17, 15) is 13.2 Å². The van der Waals surface area contributed by atoms with Crippen molar-refractivity contribution in [2.75, 3.05) is 19.7 Å². The van der Waals surface area contributed by atoms with E-state index in [2.05, 4.69) is 19.2 Å². The van der Waals surface area contributed by atoms with Crippen LogP contribution in [0.5, 0.6) is 5.75 Å². The van der Waals surface area contributed by atoms with Crippen molar-refractivity contribution in [3.05, 3.63) is 46.3 Å². The molecule has 1 aliphatic rings. The second kappa shape index (κ2) is 9.28. The van der Waals surface area contributed by atoms with Crippen LogP contribution in [-0.2, 0) is 21.4 Å². The number of nitrogens with zero attached hydrogens (tertiary/aromatic N) is 1. The highest BCUT2D eigenvalue weighted by atomic mass is 32.2. The lowest BCUT2D eigenvalue weighted by molar-refractivity contribution is -0.123. The van der Waals surface area contributed by atoms with Gasteiger partial charge in [-0.25, -0.2) is 8.42 Å². The van der Waals surface area contributed by atoms with Crippen LogP contribution >= 0.6 is 11.3 Å². The first kappa shape index (κ1) is 21.8. The van der Waals surface area contributed by atoms with Crippen molar-refractivity contribution < 1.29 is 17.9 Å². The van der Waals surface area contributed by atoms with Gasteiger partial charge in [0.15, 0.2) is 6.61 Å². The standard InChI is InChI=1S/C21H28N2O4S2/c1-15(2)19-8-6-17(12-16(19)3)27-14-20(24)22-13-18-7-9-21(28-18)29(25,26)23-10-4-5-11-23/h6-9,12,15H,4-5,10-11,13-14H2,1-3H3,(H,22,24). The highest BCUT2D eigenvalue weighted by molar-refractivity contribution is 7.91. The lowest BCUT2D eigenvalue weighted by Gasteiger charge is -2.13. The van der Waals surface area contributed by atoms with E-state index in [1.165, 1.54) is 21.2 Å². The SMILES string of the molecule is Cc1cc(OCC(=O)NCc2ccc(S(=O)(=O)N3CCCC3)s2)ccc1C(C)C. The van der Waals surface area contributed by atoms with Crippen molar-refractivity contribution in [1.82, 2.24) is 9.62 Å². The van der Waals surface area contributed by atoms with Gasteiger partial charge in [-0.2, -0.15) is 4.31 Å². The number of benzene rings is 1. The summed E-state index contributed by atoms with van der Waals surface area (Å²) < 4.78 is 32.6. The van der Waals surface area contributed by atoms with Gasteiger partial charge in [0, 0.05) is 18.0 Å². The molecule has 1 aliphatic heterocycles. The van der Waals surface area contributed by atoms with E-state index in [4.69, 9.17) is 4.74 Å². The molecule has 0 unspecified atom stereocenters. The molecule has 6 nitrogen and oxygen atoms in total. The number of hydrogen-bond donors (Lipinski definition) is 1. The fourth-order valence-electron chi connectivity index (χ4n) is 3.42. The molecular formula is C21H28N2O4S2. The molecule has 0 atom stereocenters. The molecule has 158 valence electrons. The smallest absolute Gasteiger partial charge is 0.258 e. The summed E-state index contributed by atoms with van der Waals surface area (Å²) in [5, 5.41) is 2.79. The maximum Gasteiger partial charge on any atom is 0.258 e. The zero-order valence-corrected chi connectivity index (χ0v) is 18.7. The molecule has 1 amide bonds. The predicted octanol–water partition coefficient (Wildman–Crippen LogP) is 3.66. The maximum atomic E-state index is 12.6. The molecule has 2 aromatic rings. The maximum absolute atomic E-state index is 12.6. The average molecular weight is 437 g/mol. The number of thiophene rings is 1. The number of nitrogens with one attached hydrogen (secondary N) is 1. The molecule has 2 heterocycles. The monoisotopic (exact) mass is 436 g/mol. The molecule has 8 heteroatoms. The third-order valence-corrected chi connectivity index (χ3v) is 8.44. The summed E-state index contributed by atoms with van der Waals surface area (Å²) in [5.41, 5.74) is 2.41. The van der Waals surface area contributed by atoms with Gasteiger partial charge >= 0.3 is 0 Å². The molecular weight excluding hydrogens is 408 g/mol. The molecule has 1 fully saturated rings. The predicted molar refractivity (Wildman–Crippen MR) is 115 cm³/mol.